The normalized spacial score (nSPS) is 18.9. The van der Waals surface area contributed by atoms with Crippen molar-refractivity contribution >= 4 is 23.2 Å². The molecule has 2 aliphatic heterocycles. The third-order valence-corrected chi connectivity index (χ3v) is 5.40. The van der Waals surface area contributed by atoms with Crippen LogP contribution in [0.2, 0.25) is 0 Å². The number of amides is 2. The molecule has 0 bridgehead atoms. The first-order chi connectivity index (χ1) is 12.4. The van der Waals surface area contributed by atoms with Crippen molar-refractivity contribution in [3.05, 3.63) is 24.3 Å². The van der Waals surface area contributed by atoms with Gasteiger partial charge in [-0.25, -0.2) is 0 Å². The number of para-hydroxylation sites is 2. The summed E-state index contributed by atoms with van der Waals surface area (Å²) >= 11 is 0. The molecule has 1 N–H and O–H groups in total. The molecule has 1 aromatic rings. The Labute approximate surface area is 156 Å². The lowest BCUT2D eigenvalue weighted by atomic mass is 9.90. The maximum atomic E-state index is 12.8. The Hall–Kier alpha value is -2.04. The van der Waals surface area contributed by atoms with Crippen molar-refractivity contribution < 1.29 is 9.59 Å². The third-order valence-electron chi connectivity index (χ3n) is 5.40. The zero-order valence-electron chi connectivity index (χ0n) is 16.3. The van der Waals surface area contributed by atoms with Crippen molar-refractivity contribution in [3.8, 4) is 0 Å². The second-order valence-electron chi connectivity index (χ2n) is 8.52. The Kier molecular flexibility index (Phi) is 5.54. The zero-order valence-corrected chi connectivity index (χ0v) is 16.3. The van der Waals surface area contributed by atoms with E-state index in [-0.39, 0.29) is 23.1 Å². The number of piperidine rings is 1. The Balaban J connectivity index is 1.59. The van der Waals surface area contributed by atoms with E-state index < -0.39 is 0 Å². The molecule has 1 aromatic carbocycles. The summed E-state index contributed by atoms with van der Waals surface area (Å²) in [5.41, 5.74) is 1.68. The molecule has 2 aliphatic rings. The third kappa shape index (κ3) is 4.19. The second kappa shape index (κ2) is 7.68. The van der Waals surface area contributed by atoms with E-state index in [1.165, 1.54) is 12.8 Å². The largest absolute Gasteiger partial charge is 0.370 e. The van der Waals surface area contributed by atoms with E-state index in [0.717, 1.165) is 37.3 Å². The van der Waals surface area contributed by atoms with Gasteiger partial charge in [-0.3, -0.25) is 9.59 Å². The lowest BCUT2D eigenvalue weighted by Gasteiger charge is -2.35. The van der Waals surface area contributed by atoms with E-state index in [0.29, 0.717) is 13.1 Å². The first-order valence-electron chi connectivity index (χ1n) is 9.80. The number of carbonyl (C=O) groups excluding carboxylic acids is 2. The first-order valence-corrected chi connectivity index (χ1v) is 9.80. The summed E-state index contributed by atoms with van der Waals surface area (Å²) in [4.78, 5) is 29.4. The molecule has 2 saturated heterocycles. The number of anilines is 2. The van der Waals surface area contributed by atoms with Crippen LogP contribution in [0, 0.1) is 11.3 Å². The van der Waals surface area contributed by atoms with Crippen LogP contribution in [0.3, 0.4) is 0 Å². The van der Waals surface area contributed by atoms with Gasteiger partial charge >= 0.3 is 0 Å². The highest BCUT2D eigenvalue weighted by Crippen LogP contribution is 2.30. The van der Waals surface area contributed by atoms with Gasteiger partial charge in [-0.2, -0.15) is 0 Å². The molecule has 5 heteroatoms. The predicted octanol–water partition coefficient (Wildman–Crippen LogP) is 3.51. The molecule has 5 nitrogen and oxygen atoms in total. The summed E-state index contributed by atoms with van der Waals surface area (Å²) in [7, 11) is 0. The van der Waals surface area contributed by atoms with Crippen LogP contribution in [-0.4, -0.2) is 42.9 Å². The van der Waals surface area contributed by atoms with E-state index in [2.05, 4.69) is 16.3 Å². The molecule has 0 radical (unpaired) electrons. The van der Waals surface area contributed by atoms with Crippen LogP contribution in [0.1, 0.15) is 46.5 Å². The summed E-state index contributed by atoms with van der Waals surface area (Å²) in [5, 5.41) is 3.15. The quantitative estimate of drug-likeness (QED) is 0.901. The predicted molar refractivity (Wildman–Crippen MR) is 105 cm³/mol. The molecule has 0 aromatic heterocycles. The second-order valence-corrected chi connectivity index (χ2v) is 8.52. The van der Waals surface area contributed by atoms with E-state index in [4.69, 9.17) is 0 Å². The first kappa shape index (κ1) is 18.7. The van der Waals surface area contributed by atoms with Crippen LogP contribution in [0.15, 0.2) is 24.3 Å². The Morgan fingerprint density at radius 1 is 1.00 bits per heavy atom. The van der Waals surface area contributed by atoms with Crippen molar-refractivity contribution in [2.45, 2.75) is 46.5 Å². The number of nitrogens with zero attached hydrogens (tertiary/aromatic N) is 2. The molecule has 2 fully saturated rings. The minimum Gasteiger partial charge on any atom is -0.370 e. The van der Waals surface area contributed by atoms with Crippen LogP contribution >= 0.6 is 0 Å². The fourth-order valence-corrected chi connectivity index (χ4v) is 3.87. The molecule has 2 amide bonds. The number of benzene rings is 1. The van der Waals surface area contributed by atoms with Gasteiger partial charge in [-0.1, -0.05) is 32.9 Å². The summed E-state index contributed by atoms with van der Waals surface area (Å²) in [5.74, 6) is 0.237. The fourth-order valence-electron chi connectivity index (χ4n) is 3.87. The van der Waals surface area contributed by atoms with Crippen LogP contribution < -0.4 is 10.2 Å². The minimum atomic E-state index is -0.357. The Morgan fingerprint density at radius 3 is 2.23 bits per heavy atom. The molecular weight excluding hydrogens is 326 g/mol. The molecule has 0 unspecified atom stereocenters. The highest BCUT2D eigenvalue weighted by Gasteiger charge is 2.32. The van der Waals surface area contributed by atoms with Crippen molar-refractivity contribution in [1.82, 2.24) is 4.90 Å². The Morgan fingerprint density at radius 2 is 1.62 bits per heavy atom. The van der Waals surface area contributed by atoms with E-state index >= 15 is 0 Å². The number of hydrogen-bond acceptors (Lipinski definition) is 3. The number of carbonyl (C=O) groups is 2. The van der Waals surface area contributed by atoms with Crippen molar-refractivity contribution in [3.63, 3.8) is 0 Å². The average molecular weight is 357 g/mol. The highest BCUT2D eigenvalue weighted by atomic mass is 16.2. The van der Waals surface area contributed by atoms with Crippen molar-refractivity contribution in [2.24, 2.45) is 11.3 Å². The standard InChI is InChI=1S/C21H31N3O2/c1-21(2,3)20(26)24-14-10-16(11-15-24)19(25)22-17-8-4-5-9-18(17)23-12-6-7-13-23/h4-5,8-9,16H,6-7,10-15H2,1-3H3,(H,22,25). The fraction of sp³-hybridized carbons (Fsp3) is 0.619. The van der Waals surface area contributed by atoms with Crippen LogP contribution in [0.25, 0.3) is 0 Å². The summed E-state index contributed by atoms with van der Waals surface area (Å²) < 4.78 is 0. The van der Waals surface area contributed by atoms with Crippen LogP contribution in [0.4, 0.5) is 11.4 Å². The van der Waals surface area contributed by atoms with Gasteiger partial charge in [0.05, 0.1) is 11.4 Å². The van der Waals surface area contributed by atoms with Gasteiger partial charge in [0.2, 0.25) is 11.8 Å². The lowest BCUT2D eigenvalue weighted by Crippen LogP contribution is -2.45. The lowest BCUT2D eigenvalue weighted by molar-refractivity contribution is -0.142. The molecule has 0 spiro atoms. The highest BCUT2D eigenvalue weighted by molar-refractivity contribution is 5.96. The molecule has 2 heterocycles. The summed E-state index contributed by atoms with van der Waals surface area (Å²) in [6.07, 6.45) is 3.89. The SMILES string of the molecule is CC(C)(C)C(=O)N1CCC(C(=O)Nc2ccccc2N2CCCC2)CC1. The van der Waals surface area contributed by atoms with Crippen molar-refractivity contribution in [1.29, 1.82) is 0 Å². The molecule has 0 aliphatic carbocycles. The monoisotopic (exact) mass is 357 g/mol. The van der Waals surface area contributed by atoms with Crippen LogP contribution in [-0.2, 0) is 9.59 Å². The number of rotatable bonds is 3. The molecule has 0 saturated carbocycles. The summed E-state index contributed by atoms with van der Waals surface area (Å²) in [6.45, 7) is 9.29. The van der Waals surface area contributed by atoms with E-state index in [9.17, 15) is 9.59 Å². The van der Waals surface area contributed by atoms with Gasteiger partial charge in [-0.05, 0) is 37.8 Å². The molecule has 0 atom stereocenters. The van der Waals surface area contributed by atoms with Crippen LogP contribution in [0.5, 0.6) is 0 Å². The van der Waals surface area contributed by atoms with Gasteiger partial charge in [0, 0.05) is 37.5 Å². The molecule has 142 valence electrons. The minimum absolute atomic E-state index is 0.0225. The van der Waals surface area contributed by atoms with Gasteiger partial charge in [0.25, 0.3) is 0 Å². The molecule has 3 rings (SSSR count). The molecular formula is C21H31N3O2. The van der Waals surface area contributed by atoms with Crippen molar-refractivity contribution in [2.75, 3.05) is 36.4 Å². The topological polar surface area (TPSA) is 52.7 Å². The maximum Gasteiger partial charge on any atom is 0.227 e. The zero-order chi connectivity index (χ0) is 18.7. The van der Waals surface area contributed by atoms with E-state index in [1.54, 1.807) is 0 Å². The van der Waals surface area contributed by atoms with Gasteiger partial charge in [-0.15, -0.1) is 0 Å². The summed E-state index contributed by atoms with van der Waals surface area (Å²) in [6, 6.07) is 8.08. The van der Waals surface area contributed by atoms with Gasteiger partial charge < -0.3 is 15.1 Å². The van der Waals surface area contributed by atoms with E-state index in [1.807, 2.05) is 43.9 Å². The smallest absolute Gasteiger partial charge is 0.227 e. The number of nitrogens with one attached hydrogen (secondary N) is 1. The number of hydrogen-bond donors (Lipinski definition) is 1. The maximum absolute atomic E-state index is 12.8. The molecule has 26 heavy (non-hydrogen) atoms. The Bertz CT molecular complexity index is 651. The average Bonchev–Trinajstić information content (AvgIpc) is 3.15. The van der Waals surface area contributed by atoms with Gasteiger partial charge in [0.1, 0.15) is 0 Å². The number of likely N-dealkylation sites (tertiary alicyclic amines) is 1. The van der Waals surface area contributed by atoms with Gasteiger partial charge in [0.15, 0.2) is 0 Å².